The molecule has 2 rings (SSSR count). The van der Waals surface area contributed by atoms with Gasteiger partial charge in [0.25, 0.3) is 0 Å². The third-order valence-electron chi connectivity index (χ3n) is 3.64. The number of benzene rings is 2. The van der Waals surface area contributed by atoms with Crippen LogP contribution in [0.4, 0.5) is 16.2 Å². The average molecular weight is 472 g/mol. The number of alkyl carbamates (subject to hydrolysis) is 1. The number of carbonyl (C=O) groups excluding carboxylic acids is 1. The maximum Gasteiger partial charge on any atom is 0.412 e. The fraction of sp³-hybridized carbons (Fsp3) is 0.263. The third-order valence-corrected chi connectivity index (χ3v) is 6.08. The summed E-state index contributed by atoms with van der Waals surface area (Å²) in [5.74, 6) is 0.819. The van der Waals surface area contributed by atoms with Crippen LogP contribution in [0.15, 0.2) is 52.4 Å². The minimum atomic E-state index is -4.12. The lowest BCUT2D eigenvalue weighted by Crippen LogP contribution is -2.28. The van der Waals surface area contributed by atoms with Gasteiger partial charge >= 0.3 is 16.2 Å². The number of hydrogen-bond donors (Lipinski definition) is 2. The van der Waals surface area contributed by atoms with Gasteiger partial charge in [0.2, 0.25) is 0 Å². The Morgan fingerprint density at radius 2 is 2.03 bits per heavy atom. The summed E-state index contributed by atoms with van der Waals surface area (Å²) < 4.78 is 34.7. The maximum atomic E-state index is 12.5. The lowest BCUT2D eigenvalue weighted by atomic mass is 10.3. The van der Waals surface area contributed by atoms with Gasteiger partial charge < -0.3 is 14.7 Å². The Balaban J connectivity index is 2.26. The molecule has 0 heterocycles. The standard InChI is InChI=1S/C19H22ClN3O5S2/c1-3-4-10-29-18(23-19(24)27-2)22-17-9-8-15(12-16(17)21)30(25,26)28-14-7-5-6-13(20)11-14/h5-9,11-12H,3-4,10,21H2,1-2H3,(H,22,23,24). The van der Waals surface area contributed by atoms with Crippen LogP contribution in [-0.4, -0.2) is 32.5 Å². The zero-order valence-electron chi connectivity index (χ0n) is 16.4. The number of nitrogen functional groups attached to an aromatic ring is 1. The van der Waals surface area contributed by atoms with Gasteiger partial charge in [-0.25, -0.2) is 9.79 Å². The second kappa shape index (κ2) is 11.1. The molecular weight excluding hydrogens is 450 g/mol. The van der Waals surface area contributed by atoms with E-state index in [1.54, 1.807) is 12.1 Å². The molecule has 0 aliphatic rings. The summed E-state index contributed by atoms with van der Waals surface area (Å²) in [6, 6.07) is 10.0. The normalized spacial score (nSPS) is 11.8. The summed E-state index contributed by atoms with van der Waals surface area (Å²) in [5.41, 5.74) is 6.40. The summed E-state index contributed by atoms with van der Waals surface area (Å²) in [6.45, 7) is 2.05. The Kier molecular flexibility index (Phi) is 8.82. The second-order valence-electron chi connectivity index (χ2n) is 5.95. The van der Waals surface area contributed by atoms with E-state index < -0.39 is 16.2 Å². The predicted octanol–water partition coefficient (Wildman–Crippen LogP) is 4.57. The number of unbranched alkanes of at least 4 members (excludes halogenated alkanes) is 1. The van der Waals surface area contributed by atoms with Crippen LogP contribution in [0.25, 0.3) is 0 Å². The van der Waals surface area contributed by atoms with Gasteiger partial charge in [0.1, 0.15) is 10.6 Å². The second-order valence-corrected chi connectivity index (χ2v) is 9.02. The van der Waals surface area contributed by atoms with Crippen LogP contribution in [-0.2, 0) is 14.9 Å². The number of halogens is 1. The van der Waals surface area contributed by atoms with Gasteiger partial charge in [-0.2, -0.15) is 8.42 Å². The van der Waals surface area contributed by atoms with Crippen LogP contribution in [0.5, 0.6) is 5.75 Å². The van der Waals surface area contributed by atoms with Gasteiger partial charge in [-0.15, -0.1) is 0 Å². The number of rotatable bonds is 7. The number of thioether (sulfide) groups is 1. The average Bonchev–Trinajstić information content (AvgIpc) is 2.69. The molecule has 0 saturated carbocycles. The number of nitrogens with zero attached hydrogens (tertiary/aromatic N) is 1. The van der Waals surface area contributed by atoms with Crippen molar-refractivity contribution in [3.63, 3.8) is 0 Å². The molecule has 2 aromatic carbocycles. The molecule has 2 aromatic rings. The quantitative estimate of drug-likeness (QED) is 0.199. The van der Waals surface area contributed by atoms with E-state index in [1.807, 2.05) is 6.92 Å². The van der Waals surface area contributed by atoms with E-state index in [1.165, 1.54) is 49.2 Å². The van der Waals surface area contributed by atoms with Crippen molar-refractivity contribution in [2.24, 2.45) is 4.99 Å². The summed E-state index contributed by atoms with van der Waals surface area (Å²) >= 11 is 7.19. The zero-order chi connectivity index (χ0) is 22.1. The molecule has 162 valence electrons. The van der Waals surface area contributed by atoms with Crippen molar-refractivity contribution in [3.8, 4) is 5.75 Å². The van der Waals surface area contributed by atoms with E-state index in [-0.39, 0.29) is 16.3 Å². The van der Waals surface area contributed by atoms with Crippen LogP contribution in [0.3, 0.4) is 0 Å². The highest BCUT2D eigenvalue weighted by atomic mass is 35.5. The molecule has 3 N–H and O–H groups in total. The minimum Gasteiger partial charge on any atom is -0.453 e. The number of hydrogen-bond acceptors (Lipinski definition) is 8. The van der Waals surface area contributed by atoms with Crippen molar-refractivity contribution in [1.29, 1.82) is 0 Å². The van der Waals surface area contributed by atoms with E-state index in [4.69, 9.17) is 21.5 Å². The molecule has 0 aliphatic carbocycles. The molecule has 11 heteroatoms. The fourth-order valence-electron chi connectivity index (χ4n) is 2.14. The number of nitrogens with one attached hydrogen (secondary N) is 1. The molecule has 1 amide bonds. The van der Waals surface area contributed by atoms with E-state index in [9.17, 15) is 13.2 Å². The van der Waals surface area contributed by atoms with Crippen molar-refractivity contribution in [3.05, 3.63) is 47.5 Å². The number of ether oxygens (including phenoxy) is 1. The number of methoxy groups -OCH3 is 1. The minimum absolute atomic E-state index is 0.0834. The monoisotopic (exact) mass is 471 g/mol. The summed E-state index contributed by atoms with van der Waals surface area (Å²) in [5, 5.41) is 3.17. The first-order chi connectivity index (χ1) is 14.2. The Morgan fingerprint density at radius 1 is 1.27 bits per heavy atom. The van der Waals surface area contributed by atoms with Gasteiger partial charge in [0.05, 0.1) is 18.5 Å². The van der Waals surface area contributed by atoms with Crippen molar-refractivity contribution in [1.82, 2.24) is 5.32 Å². The Morgan fingerprint density at radius 3 is 2.67 bits per heavy atom. The summed E-state index contributed by atoms with van der Waals surface area (Å²) in [4.78, 5) is 15.7. The molecule has 0 bridgehead atoms. The van der Waals surface area contributed by atoms with Gasteiger partial charge in [-0.05, 0) is 36.8 Å². The zero-order valence-corrected chi connectivity index (χ0v) is 18.8. The van der Waals surface area contributed by atoms with Crippen molar-refractivity contribution >= 4 is 56.1 Å². The lowest BCUT2D eigenvalue weighted by Gasteiger charge is -2.10. The summed E-state index contributed by atoms with van der Waals surface area (Å²) in [6.07, 6.45) is 1.25. The third kappa shape index (κ3) is 7.12. The van der Waals surface area contributed by atoms with E-state index >= 15 is 0 Å². The highest BCUT2D eigenvalue weighted by Crippen LogP contribution is 2.28. The first-order valence-electron chi connectivity index (χ1n) is 8.91. The first kappa shape index (κ1) is 23.8. The largest absolute Gasteiger partial charge is 0.453 e. The van der Waals surface area contributed by atoms with Crippen LogP contribution < -0.4 is 15.2 Å². The SMILES string of the molecule is CCCCSC(=Nc1ccc(S(=O)(=O)Oc2cccc(Cl)c2)cc1N)NC(=O)OC. The Hall–Kier alpha value is -2.43. The molecule has 0 aliphatic heterocycles. The number of carbonyl (C=O) groups is 1. The van der Waals surface area contributed by atoms with E-state index in [2.05, 4.69) is 15.0 Å². The topological polar surface area (TPSA) is 120 Å². The van der Waals surface area contributed by atoms with Crippen LogP contribution in [0.1, 0.15) is 19.8 Å². The molecule has 0 saturated heterocycles. The molecule has 8 nitrogen and oxygen atoms in total. The number of amides is 1. The number of nitrogens with two attached hydrogens (primary N) is 1. The molecule has 0 unspecified atom stereocenters. The highest BCUT2D eigenvalue weighted by molar-refractivity contribution is 8.13. The molecule has 0 atom stereocenters. The van der Waals surface area contributed by atoms with E-state index in [0.29, 0.717) is 15.9 Å². The summed E-state index contributed by atoms with van der Waals surface area (Å²) in [7, 11) is -2.87. The van der Waals surface area contributed by atoms with Gasteiger partial charge in [-0.3, -0.25) is 5.32 Å². The molecule has 0 aromatic heterocycles. The smallest absolute Gasteiger partial charge is 0.412 e. The number of amidine groups is 1. The predicted molar refractivity (Wildman–Crippen MR) is 120 cm³/mol. The number of anilines is 1. The first-order valence-corrected chi connectivity index (χ1v) is 11.7. The van der Waals surface area contributed by atoms with E-state index in [0.717, 1.165) is 18.6 Å². The van der Waals surface area contributed by atoms with Gasteiger partial charge in [0, 0.05) is 16.8 Å². The van der Waals surface area contributed by atoms with Gasteiger partial charge in [0.15, 0.2) is 5.17 Å². The van der Waals surface area contributed by atoms with Crippen molar-refractivity contribution < 1.29 is 22.1 Å². The molecule has 0 spiro atoms. The molecular formula is C19H22ClN3O5S2. The lowest BCUT2D eigenvalue weighted by molar-refractivity contribution is 0.177. The fourth-order valence-corrected chi connectivity index (χ4v) is 4.23. The molecule has 0 radical (unpaired) electrons. The van der Waals surface area contributed by atoms with Crippen molar-refractivity contribution in [2.75, 3.05) is 18.6 Å². The van der Waals surface area contributed by atoms with Crippen LogP contribution >= 0.6 is 23.4 Å². The van der Waals surface area contributed by atoms with Crippen LogP contribution in [0, 0.1) is 0 Å². The van der Waals surface area contributed by atoms with Gasteiger partial charge in [-0.1, -0.05) is 42.8 Å². The van der Waals surface area contributed by atoms with Crippen LogP contribution in [0.2, 0.25) is 5.02 Å². The number of aliphatic imine (C=N–C) groups is 1. The Labute approximate surface area is 184 Å². The maximum absolute atomic E-state index is 12.5. The molecule has 0 fully saturated rings. The molecule has 30 heavy (non-hydrogen) atoms. The Bertz CT molecular complexity index is 1030. The highest BCUT2D eigenvalue weighted by Gasteiger charge is 2.18. The van der Waals surface area contributed by atoms with Crippen molar-refractivity contribution in [2.45, 2.75) is 24.7 Å².